The highest BCUT2D eigenvalue weighted by molar-refractivity contribution is 8.76. The first-order valence-electron chi connectivity index (χ1n) is 11.7. The molecule has 0 unspecified atom stereocenters. The zero-order valence-corrected chi connectivity index (χ0v) is 25.2. The number of hydrogen-bond acceptors (Lipinski definition) is 10. The Labute approximate surface area is 233 Å². The van der Waals surface area contributed by atoms with E-state index < -0.39 is 27.4 Å². The van der Waals surface area contributed by atoms with E-state index in [0.29, 0.717) is 5.75 Å². The lowest BCUT2D eigenvalue weighted by Gasteiger charge is -2.18. The Morgan fingerprint density at radius 3 is 1.68 bits per heavy atom. The van der Waals surface area contributed by atoms with E-state index in [1.165, 1.54) is 45.9 Å². The maximum Gasteiger partial charge on any atom is 0.296 e. The van der Waals surface area contributed by atoms with Gasteiger partial charge in [-0.3, -0.25) is 8.37 Å². The van der Waals surface area contributed by atoms with Crippen molar-refractivity contribution in [2.75, 3.05) is 37.5 Å². The number of hydrogen-bond donors (Lipinski definition) is 0. The highest BCUT2D eigenvalue weighted by Gasteiger charge is 2.26. The van der Waals surface area contributed by atoms with Gasteiger partial charge in [0.15, 0.2) is 0 Å². The van der Waals surface area contributed by atoms with E-state index in [1.54, 1.807) is 30.5 Å². The monoisotopic (exact) mass is 615 g/mol. The molecule has 0 atom stereocenters. The predicted octanol–water partition coefficient (Wildman–Crippen LogP) is 5.61. The van der Waals surface area contributed by atoms with Crippen LogP contribution in [0.1, 0.15) is 11.1 Å². The van der Waals surface area contributed by atoms with E-state index in [2.05, 4.69) is 4.98 Å². The summed E-state index contributed by atoms with van der Waals surface area (Å²) in [5.74, 6) is 0.494. The molecule has 0 saturated heterocycles. The molecule has 0 aliphatic rings. The zero-order chi connectivity index (χ0) is 27.7. The normalized spacial score (nSPS) is 12.5. The van der Waals surface area contributed by atoms with Gasteiger partial charge in [-0.05, 0) is 61.0 Å². The lowest BCUT2D eigenvalue weighted by molar-refractivity contribution is 0.333. The SMILES string of the molecule is Cc1ccc(S(=O)(=O)OCCP(=O)(CCOS(=O)(=O)c2ccc(C)cc2)CCSSc2ccccn2)cc1. The third-order valence-corrected chi connectivity index (χ3v) is 13.7. The number of rotatable bonds is 15. The van der Waals surface area contributed by atoms with Crippen LogP contribution in [0, 0.1) is 13.8 Å². The molecule has 0 fully saturated rings. The Kier molecular flexibility index (Phi) is 11.5. The van der Waals surface area contributed by atoms with Crippen LogP contribution in [0.3, 0.4) is 0 Å². The molecule has 0 spiro atoms. The molecule has 13 heteroatoms. The molecule has 3 aromatic rings. The molecule has 0 bridgehead atoms. The largest absolute Gasteiger partial charge is 0.323 e. The van der Waals surface area contributed by atoms with Crippen molar-refractivity contribution in [3.05, 3.63) is 84.1 Å². The quantitative estimate of drug-likeness (QED) is 0.0924. The van der Waals surface area contributed by atoms with Gasteiger partial charge in [0.05, 0.1) is 30.1 Å². The molecule has 8 nitrogen and oxygen atoms in total. The van der Waals surface area contributed by atoms with Gasteiger partial charge in [0.25, 0.3) is 20.2 Å². The number of benzene rings is 2. The molecule has 0 amide bonds. The summed E-state index contributed by atoms with van der Waals surface area (Å²) in [7, 11) is -8.15. The predicted molar refractivity (Wildman–Crippen MR) is 153 cm³/mol. The maximum absolute atomic E-state index is 13.8. The van der Waals surface area contributed by atoms with E-state index in [0.717, 1.165) is 16.2 Å². The fourth-order valence-electron chi connectivity index (χ4n) is 3.21. The van der Waals surface area contributed by atoms with Crippen LogP contribution in [0.5, 0.6) is 0 Å². The van der Waals surface area contributed by atoms with Crippen LogP contribution in [-0.2, 0) is 33.2 Å². The molecule has 1 aromatic heterocycles. The average molecular weight is 616 g/mol. The van der Waals surface area contributed by atoms with Crippen molar-refractivity contribution in [1.82, 2.24) is 4.98 Å². The lowest BCUT2D eigenvalue weighted by Crippen LogP contribution is -2.16. The number of pyridine rings is 1. The van der Waals surface area contributed by atoms with Crippen molar-refractivity contribution < 1.29 is 29.8 Å². The van der Waals surface area contributed by atoms with Gasteiger partial charge in [0, 0.05) is 30.4 Å². The number of aryl methyl sites for hydroxylation is 2. The van der Waals surface area contributed by atoms with Crippen molar-refractivity contribution in [1.29, 1.82) is 0 Å². The minimum Gasteiger partial charge on any atom is -0.323 e. The molecule has 3 rings (SSSR count). The number of nitrogens with zero attached hydrogens (tertiary/aromatic N) is 1. The first-order chi connectivity index (χ1) is 18.0. The van der Waals surface area contributed by atoms with Gasteiger partial charge >= 0.3 is 0 Å². The van der Waals surface area contributed by atoms with Crippen LogP contribution in [0.25, 0.3) is 0 Å². The first-order valence-corrected chi connectivity index (χ1v) is 19.1. The van der Waals surface area contributed by atoms with Gasteiger partial charge in [0.1, 0.15) is 5.03 Å². The summed E-state index contributed by atoms with van der Waals surface area (Å²) >= 11 is 0. The van der Waals surface area contributed by atoms with E-state index in [4.69, 9.17) is 8.37 Å². The highest BCUT2D eigenvalue weighted by Crippen LogP contribution is 2.47. The van der Waals surface area contributed by atoms with E-state index in [-0.39, 0.29) is 41.5 Å². The topological polar surface area (TPSA) is 117 Å². The molecule has 38 heavy (non-hydrogen) atoms. The summed E-state index contributed by atoms with van der Waals surface area (Å²) in [5, 5.41) is 0.812. The Morgan fingerprint density at radius 2 is 1.24 bits per heavy atom. The molecule has 0 radical (unpaired) electrons. The zero-order valence-electron chi connectivity index (χ0n) is 21.1. The summed E-state index contributed by atoms with van der Waals surface area (Å²) in [4.78, 5) is 4.28. The molecular weight excluding hydrogens is 586 g/mol. The van der Waals surface area contributed by atoms with Gasteiger partial charge in [-0.15, -0.1) is 0 Å². The summed E-state index contributed by atoms with van der Waals surface area (Å²) < 4.78 is 74.3. The average Bonchev–Trinajstić information content (AvgIpc) is 2.88. The van der Waals surface area contributed by atoms with E-state index in [9.17, 15) is 21.4 Å². The van der Waals surface area contributed by atoms with Crippen molar-refractivity contribution in [3.8, 4) is 0 Å². The fourth-order valence-corrected chi connectivity index (χ4v) is 10.4. The van der Waals surface area contributed by atoms with Crippen molar-refractivity contribution in [2.24, 2.45) is 0 Å². The van der Waals surface area contributed by atoms with E-state index >= 15 is 0 Å². The molecule has 0 N–H and O–H groups in total. The van der Waals surface area contributed by atoms with Crippen molar-refractivity contribution in [2.45, 2.75) is 28.7 Å². The molecule has 0 aliphatic carbocycles. The minimum absolute atomic E-state index is 0.0211. The second kappa shape index (κ2) is 14.1. The van der Waals surface area contributed by atoms with Gasteiger partial charge in [-0.25, -0.2) is 4.98 Å². The van der Waals surface area contributed by atoms with Crippen LogP contribution in [0.2, 0.25) is 0 Å². The fraction of sp³-hybridized carbons (Fsp3) is 0.320. The van der Waals surface area contributed by atoms with Crippen molar-refractivity contribution in [3.63, 3.8) is 0 Å². The van der Waals surface area contributed by atoms with E-state index in [1.807, 2.05) is 32.0 Å². The third-order valence-electron chi connectivity index (χ3n) is 5.46. The second-order valence-electron chi connectivity index (χ2n) is 8.48. The maximum atomic E-state index is 13.8. The Hall–Kier alpha value is -1.66. The Morgan fingerprint density at radius 1 is 0.737 bits per heavy atom. The van der Waals surface area contributed by atoms with Gasteiger partial charge in [0.2, 0.25) is 0 Å². The van der Waals surface area contributed by atoms with Gasteiger partial charge < -0.3 is 4.57 Å². The van der Waals surface area contributed by atoms with Crippen LogP contribution in [0.4, 0.5) is 0 Å². The first kappa shape index (κ1) is 30.9. The summed E-state index contributed by atoms with van der Waals surface area (Å²) in [6.45, 7) is 3.13. The number of aromatic nitrogens is 1. The van der Waals surface area contributed by atoms with Gasteiger partial charge in [-0.2, -0.15) is 16.8 Å². The summed E-state index contributed by atoms with van der Waals surface area (Å²) in [6, 6.07) is 18.1. The molecule has 1 heterocycles. The summed E-state index contributed by atoms with van der Waals surface area (Å²) in [5.41, 5.74) is 1.82. The van der Waals surface area contributed by atoms with Crippen molar-refractivity contribution >= 4 is 49.0 Å². The second-order valence-corrected chi connectivity index (χ2v) is 17.6. The lowest BCUT2D eigenvalue weighted by atomic mass is 10.2. The third kappa shape index (κ3) is 9.82. The molecule has 206 valence electrons. The van der Waals surface area contributed by atoms with Crippen LogP contribution in [-0.4, -0.2) is 59.3 Å². The minimum atomic E-state index is -4.01. The highest BCUT2D eigenvalue weighted by atomic mass is 33.1. The molecule has 2 aromatic carbocycles. The smallest absolute Gasteiger partial charge is 0.296 e. The van der Waals surface area contributed by atoms with Gasteiger partial charge in [-0.1, -0.05) is 52.3 Å². The van der Waals surface area contributed by atoms with Crippen LogP contribution >= 0.6 is 28.7 Å². The summed E-state index contributed by atoms with van der Waals surface area (Å²) in [6.07, 6.45) is 1.90. The Bertz CT molecular complexity index is 1350. The van der Waals surface area contributed by atoms with Crippen LogP contribution < -0.4 is 0 Å². The molecular formula is C25H30NO7PS4. The van der Waals surface area contributed by atoms with Crippen LogP contribution in [0.15, 0.2) is 87.7 Å². The standard InChI is InChI=1S/C25H30NO7PS4/c1-21-6-10-23(11-7-21)37(28,29)32-15-17-34(27,19-20-35-36-25-5-3-4-14-26-25)18-16-33-38(30,31)24-12-8-22(2)9-13-24/h3-14H,15-20H2,1-2H3. The molecule has 0 aliphatic heterocycles. The Balaban J connectivity index is 1.61. The molecule has 0 saturated carbocycles.